The summed E-state index contributed by atoms with van der Waals surface area (Å²) in [4.78, 5) is 4.51. The number of nitrogens with two attached hydrogens (primary N) is 1. The van der Waals surface area contributed by atoms with Crippen LogP contribution in [0.3, 0.4) is 0 Å². The normalized spacial score (nSPS) is 23.0. The Kier molecular flexibility index (Phi) is 6.13. The molecule has 2 aliphatic rings. The molecule has 23 heavy (non-hydrogen) atoms. The van der Waals surface area contributed by atoms with Crippen LogP contribution in [0.15, 0.2) is 29.3 Å². The lowest BCUT2D eigenvalue weighted by Gasteiger charge is -2.28. The first-order valence-corrected chi connectivity index (χ1v) is 7.96. The van der Waals surface area contributed by atoms with Gasteiger partial charge in [-0.15, -0.1) is 24.0 Å². The molecule has 0 aromatic heterocycles. The number of benzene rings is 1. The van der Waals surface area contributed by atoms with Crippen molar-refractivity contribution in [2.24, 2.45) is 16.6 Å². The molecule has 0 saturated heterocycles. The topological polar surface area (TPSA) is 68.9 Å². The molecule has 1 fully saturated rings. The van der Waals surface area contributed by atoms with Crippen molar-refractivity contribution < 1.29 is 9.47 Å². The summed E-state index contributed by atoms with van der Waals surface area (Å²) in [5, 5.41) is 3.32. The molecular weight excluding hydrogens is 405 g/mol. The maximum absolute atomic E-state index is 6.09. The van der Waals surface area contributed by atoms with Gasteiger partial charge in [0.1, 0.15) is 5.75 Å². The Balaban J connectivity index is 0.00000192. The molecule has 2 unspecified atom stereocenters. The zero-order valence-electron chi connectivity index (χ0n) is 13.7. The molecule has 0 bridgehead atoms. The number of ether oxygens (including phenoxy) is 2. The van der Waals surface area contributed by atoms with Gasteiger partial charge < -0.3 is 20.5 Å². The van der Waals surface area contributed by atoms with Crippen molar-refractivity contribution in [2.75, 3.05) is 20.3 Å². The van der Waals surface area contributed by atoms with Gasteiger partial charge in [-0.2, -0.15) is 0 Å². The maximum atomic E-state index is 6.09. The second-order valence-corrected chi connectivity index (χ2v) is 6.36. The first kappa shape index (κ1) is 18.3. The first-order chi connectivity index (χ1) is 10.6. The predicted molar refractivity (Wildman–Crippen MR) is 102 cm³/mol. The van der Waals surface area contributed by atoms with Crippen LogP contribution >= 0.6 is 24.0 Å². The number of nitrogens with one attached hydrogen (secondary N) is 1. The van der Waals surface area contributed by atoms with Crippen LogP contribution in [0.2, 0.25) is 0 Å². The number of aliphatic imine (C=N–C) groups is 1. The maximum Gasteiger partial charge on any atom is 0.189 e. The summed E-state index contributed by atoms with van der Waals surface area (Å²) in [6, 6.07) is 8.22. The lowest BCUT2D eigenvalue weighted by molar-refractivity contribution is -0.00475. The zero-order chi connectivity index (χ0) is 15.6. The summed E-state index contributed by atoms with van der Waals surface area (Å²) >= 11 is 0. The van der Waals surface area contributed by atoms with E-state index in [0.29, 0.717) is 25.0 Å². The lowest BCUT2D eigenvalue weighted by Crippen LogP contribution is -2.40. The van der Waals surface area contributed by atoms with Crippen molar-refractivity contribution in [3.05, 3.63) is 29.8 Å². The third-order valence-electron chi connectivity index (χ3n) is 4.75. The van der Waals surface area contributed by atoms with Gasteiger partial charge in [0.05, 0.1) is 24.8 Å². The minimum absolute atomic E-state index is 0. The highest BCUT2D eigenvalue weighted by atomic mass is 127. The van der Waals surface area contributed by atoms with E-state index >= 15 is 0 Å². The number of methoxy groups -OCH3 is 1. The van der Waals surface area contributed by atoms with Crippen molar-refractivity contribution in [3.63, 3.8) is 0 Å². The SMILES string of the molecule is COC(C)(CN=C(N)NC1CCOc2ccccc21)C1CC1.I. The van der Waals surface area contributed by atoms with Crippen LogP contribution in [0.1, 0.15) is 37.8 Å². The number of hydrogen-bond donors (Lipinski definition) is 2. The standard InChI is InChI=1S/C17H25N3O2.HI/c1-17(21-2,12-7-8-12)11-19-16(18)20-14-9-10-22-15-6-4-3-5-13(14)15;/h3-6,12,14H,7-11H2,1-2H3,(H3,18,19,20);1H. The molecule has 1 aromatic carbocycles. The first-order valence-electron chi connectivity index (χ1n) is 7.96. The highest BCUT2D eigenvalue weighted by Gasteiger charge is 2.41. The van der Waals surface area contributed by atoms with Gasteiger partial charge in [0.15, 0.2) is 5.96 Å². The van der Waals surface area contributed by atoms with Gasteiger partial charge in [0.2, 0.25) is 0 Å². The number of rotatable bonds is 5. The molecule has 1 heterocycles. The van der Waals surface area contributed by atoms with Crippen LogP contribution in [0.25, 0.3) is 0 Å². The van der Waals surface area contributed by atoms with Crippen molar-refractivity contribution >= 4 is 29.9 Å². The molecule has 0 amide bonds. The van der Waals surface area contributed by atoms with E-state index in [1.54, 1.807) is 7.11 Å². The smallest absolute Gasteiger partial charge is 0.189 e. The Morgan fingerprint density at radius 2 is 2.13 bits per heavy atom. The number of fused-ring (bicyclic) bond motifs is 1. The Bertz CT molecular complexity index is 563. The molecular formula is C17H26IN3O2. The molecule has 0 spiro atoms. The third-order valence-corrected chi connectivity index (χ3v) is 4.75. The summed E-state index contributed by atoms with van der Waals surface area (Å²) in [5.74, 6) is 2.02. The fourth-order valence-electron chi connectivity index (χ4n) is 3.01. The van der Waals surface area contributed by atoms with Crippen LogP contribution in [-0.2, 0) is 4.74 Å². The van der Waals surface area contributed by atoms with Gasteiger partial charge in [-0.05, 0) is 31.7 Å². The summed E-state index contributed by atoms with van der Waals surface area (Å²) < 4.78 is 11.3. The van der Waals surface area contributed by atoms with Gasteiger partial charge >= 0.3 is 0 Å². The number of hydrogen-bond acceptors (Lipinski definition) is 3. The molecule has 128 valence electrons. The number of para-hydroxylation sites is 1. The van der Waals surface area contributed by atoms with E-state index in [4.69, 9.17) is 15.2 Å². The van der Waals surface area contributed by atoms with E-state index < -0.39 is 0 Å². The van der Waals surface area contributed by atoms with E-state index in [1.165, 1.54) is 12.8 Å². The number of nitrogens with zero attached hydrogens (tertiary/aromatic N) is 1. The summed E-state index contributed by atoms with van der Waals surface area (Å²) in [6.07, 6.45) is 3.33. The second-order valence-electron chi connectivity index (χ2n) is 6.36. The van der Waals surface area contributed by atoms with E-state index in [9.17, 15) is 0 Å². The molecule has 3 rings (SSSR count). The lowest BCUT2D eigenvalue weighted by atomic mass is 10.0. The molecule has 1 saturated carbocycles. The summed E-state index contributed by atoms with van der Waals surface area (Å²) in [7, 11) is 1.76. The Morgan fingerprint density at radius 3 is 2.83 bits per heavy atom. The monoisotopic (exact) mass is 431 g/mol. The van der Waals surface area contributed by atoms with E-state index in [-0.39, 0.29) is 35.6 Å². The fourth-order valence-corrected chi connectivity index (χ4v) is 3.01. The van der Waals surface area contributed by atoms with Crippen LogP contribution < -0.4 is 15.8 Å². The minimum Gasteiger partial charge on any atom is -0.493 e. The highest BCUT2D eigenvalue weighted by molar-refractivity contribution is 14.0. The predicted octanol–water partition coefficient (Wildman–Crippen LogP) is 2.85. The average molecular weight is 431 g/mol. The van der Waals surface area contributed by atoms with E-state index in [0.717, 1.165) is 17.7 Å². The second kappa shape index (κ2) is 7.70. The Hall–Kier alpha value is -1.02. The van der Waals surface area contributed by atoms with Crippen LogP contribution in [0.4, 0.5) is 0 Å². The largest absolute Gasteiger partial charge is 0.493 e. The quantitative estimate of drug-likeness (QED) is 0.428. The van der Waals surface area contributed by atoms with Gasteiger partial charge in [-0.25, -0.2) is 0 Å². The van der Waals surface area contributed by atoms with Crippen LogP contribution in [-0.4, -0.2) is 31.8 Å². The van der Waals surface area contributed by atoms with Crippen molar-refractivity contribution in [3.8, 4) is 5.75 Å². The van der Waals surface area contributed by atoms with Gasteiger partial charge in [0.25, 0.3) is 0 Å². The molecule has 3 N–H and O–H groups in total. The minimum atomic E-state index is -0.195. The van der Waals surface area contributed by atoms with Gasteiger partial charge in [-0.3, -0.25) is 4.99 Å². The molecule has 0 radical (unpaired) electrons. The molecule has 1 aliphatic heterocycles. The fraction of sp³-hybridized carbons (Fsp3) is 0.588. The molecule has 2 atom stereocenters. The van der Waals surface area contributed by atoms with Crippen LogP contribution in [0.5, 0.6) is 5.75 Å². The summed E-state index contributed by atoms with van der Waals surface area (Å²) in [5.41, 5.74) is 7.03. The highest BCUT2D eigenvalue weighted by Crippen LogP contribution is 2.41. The Labute approximate surface area is 155 Å². The number of halogens is 1. The van der Waals surface area contributed by atoms with Crippen LogP contribution in [0, 0.1) is 5.92 Å². The molecule has 6 heteroatoms. The van der Waals surface area contributed by atoms with Crippen molar-refractivity contribution in [1.82, 2.24) is 5.32 Å². The third kappa shape index (κ3) is 4.29. The van der Waals surface area contributed by atoms with E-state index in [2.05, 4.69) is 23.3 Å². The van der Waals surface area contributed by atoms with E-state index in [1.807, 2.05) is 18.2 Å². The molecule has 1 aliphatic carbocycles. The molecule has 5 nitrogen and oxygen atoms in total. The summed E-state index contributed by atoms with van der Waals surface area (Å²) in [6.45, 7) is 3.41. The average Bonchev–Trinajstić information content (AvgIpc) is 3.38. The number of guanidine groups is 1. The zero-order valence-corrected chi connectivity index (χ0v) is 16.1. The van der Waals surface area contributed by atoms with Gasteiger partial charge in [0, 0.05) is 19.1 Å². The molecule has 1 aromatic rings. The van der Waals surface area contributed by atoms with Crippen molar-refractivity contribution in [1.29, 1.82) is 0 Å². The Morgan fingerprint density at radius 1 is 1.39 bits per heavy atom. The van der Waals surface area contributed by atoms with Crippen molar-refractivity contribution in [2.45, 2.75) is 37.8 Å². The van der Waals surface area contributed by atoms with Gasteiger partial charge in [-0.1, -0.05) is 18.2 Å².